The molecule has 0 bridgehead atoms. The summed E-state index contributed by atoms with van der Waals surface area (Å²) >= 11 is 3.50. The summed E-state index contributed by atoms with van der Waals surface area (Å²) in [5.41, 5.74) is 3.59. The van der Waals surface area contributed by atoms with Crippen molar-refractivity contribution in [2.75, 3.05) is 13.7 Å². The number of benzene rings is 2. The van der Waals surface area contributed by atoms with E-state index in [0.29, 0.717) is 18.8 Å². The van der Waals surface area contributed by atoms with Crippen LogP contribution in [0.5, 0.6) is 5.75 Å². The van der Waals surface area contributed by atoms with E-state index in [2.05, 4.69) is 34.8 Å². The number of hydrogen-bond donors (Lipinski definition) is 0. The van der Waals surface area contributed by atoms with E-state index in [4.69, 9.17) is 4.74 Å². The Morgan fingerprint density at radius 1 is 1.23 bits per heavy atom. The summed E-state index contributed by atoms with van der Waals surface area (Å²) in [4.78, 5) is 4.69. The lowest BCUT2D eigenvalue weighted by Crippen LogP contribution is -2.08. The van der Waals surface area contributed by atoms with Gasteiger partial charge in [0, 0.05) is 22.3 Å². The van der Waals surface area contributed by atoms with E-state index in [0.717, 1.165) is 45.6 Å². The van der Waals surface area contributed by atoms with Gasteiger partial charge in [-0.15, -0.1) is 0 Å². The van der Waals surface area contributed by atoms with Gasteiger partial charge in [0.2, 0.25) is 0 Å². The molecule has 0 aliphatic rings. The van der Waals surface area contributed by atoms with Gasteiger partial charge >= 0.3 is 0 Å². The molecular weight excluding hydrogens is 393 g/mol. The third kappa shape index (κ3) is 5.41. The van der Waals surface area contributed by atoms with Gasteiger partial charge in [0.25, 0.3) is 0 Å². The number of aryl methyl sites for hydroxylation is 1. The third-order valence-corrected chi connectivity index (χ3v) is 5.23. The van der Waals surface area contributed by atoms with Crippen LogP contribution in [0.1, 0.15) is 43.9 Å². The Morgan fingerprint density at radius 2 is 2.00 bits per heavy atom. The minimum Gasteiger partial charge on any atom is -0.496 e. The predicted molar refractivity (Wildman–Crippen MR) is 111 cm³/mol. The second-order valence-corrected chi connectivity index (χ2v) is 7.58. The summed E-state index contributed by atoms with van der Waals surface area (Å²) in [7, 11) is 1.66. The zero-order chi connectivity index (χ0) is 19.1. The fourth-order valence-corrected chi connectivity index (χ4v) is 3.27. The van der Waals surface area contributed by atoms with Crippen LogP contribution in [0.2, 0.25) is 0 Å². The number of aliphatic imine (C=N–C) groups is 1. The molecule has 0 aliphatic carbocycles. The molecule has 0 N–H and O–H groups in total. The molecular formula is C22H27BrFNO. The van der Waals surface area contributed by atoms with Gasteiger partial charge < -0.3 is 4.74 Å². The minimum absolute atomic E-state index is 0.172. The first-order chi connectivity index (χ1) is 12.5. The van der Waals surface area contributed by atoms with Gasteiger partial charge in [-0.05, 0) is 61.1 Å². The van der Waals surface area contributed by atoms with E-state index >= 15 is 0 Å². The Morgan fingerprint density at radius 3 is 2.69 bits per heavy atom. The first-order valence-electron chi connectivity index (χ1n) is 9.07. The van der Waals surface area contributed by atoms with Crippen LogP contribution in [0.4, 0.5) is 4.39 Å². The van der Waals surface area contributed by atoms with Gasteiger partial charge in [-0.2, -0.15) is 0 Å². The van der Waals surface area contributed by atoms with Crippen LogP contribution in [0.3, 0.4) is 0 Å². The minimum atomic E-state index is -0.172. The highest BCUT2D eigenvalue weighted by Crippen LogP contribution is 2.26. The zero-order valence-corrected chi connectivity index (χ0v) is 17.6. The van der Waals surface area contributed by atoms with Crippen molar-refractivity contribution in [3.8, 4) is 5.75 Å². The topological polar surface area (TPSA) is 21.6 Å². The SMILES string of the molecule is CCC(C)CN=C(C)c1cccc(F)c1CCc1cc(Br)ccc1OC. The van der Waals surface area contributed by atoms with E-state index in [-0.39, 0.29) is 5.82 Å². The Labute approximate surface area is 164 Å². The Kier molecular flexibility index (Phi) is 7.83. The van der Waals surface area contributed by atoms with Gasteiger partial charge in [-0.1, -0.05) is 48.3 Å². The molecule has 140 valence electrons. The quantitative estimate of drug-likeness (QED) is 0.464. The standard InChI is InChI=1S/C22H27BrFNO/c1-5-15(2)14-25-16(3)19-7-6-8-21(24)20(19)11-9-17-13-18(23)10-12-22(17)26-4/h6-8,10,12-13,15H,5,9,11,14H2,1-4H3. The summed E-state index contributed by atoms with van der Waals surface area (Å²) in [6.07, 6.45) is 2.40. The monoisotopic (exact) mass is 419 g/mol. The second-order valence-electron chi connectivity index (χ2n) is 6.66. The molecule has 0 aromatic heterocycles. The van der Waals surface area contributed by atoms with E-state index in [1.807, 2.05) is 31.2 Å². The fraction of sp³-hybridized carbons (Fsp3) is 0.409. The van der Waals surface area contributed by atoms with Crippen LogP contribution in [0.15, 0.2) is 45.9 Å². The summed E-state index contributed by atoms with van der Waals surface area (Å²) in [5.74, 6) is 1.19. The highest BCUT2D eigenvalue weighted by atomic mass is 79.9. The maximum atomic E-state index is 14.5. The van der Waals surface area contributed by atoms with Crippen LogP contribution in [-0.4, -0.2) is 19.4 Å². The number of methoxy groups -OCH3 is 1. The molecule has 0 heterocycles. The maximum Gasteiger partial charge on any atom is 0.127 e. The summed E-state index contributed by atoms with van der Waals surface area (Å²) < 4.78 is 21.0. The molecule has 0 amide bonds. The van der Waals surface area contributed by atoms with Crippen molar-refractivity contribution in [1.82, 2.24) is 0 Å². The van der Waals surface area contributed by atoms with Crippen LogP contribution >= 0.6 is 15.9 Å². The summed E-state index contributed by atoms with van der Waals surface area (Å²) in [5, 5.41) is 0. The molecule has 26 heavy (non-hydrogen) atoms. The zero-order valence-electron chi connectivity index (χ0n) is 16.0. The molecule has 0 fully saturated rings. The smallest absolute Gasteiger partial charge is 0.127 e. The average molecular weight is 420 g/mol. The van der Waals surface area contributed by atoms with Gasteiger partial charge in [0.1, 0.15) is 11.6 Å². The van der Waals surface area contributed by atoms with Gasteiger partial charge in [0.05, 0.1) is 7.11 Å². The number of ether oxygens (including phenoxy) is 1. The second kappa shape index (κ2) is 9.86. The molecule has 0 radical (unpaired) electrons. The fourth-order valence-electron chi connectivity index (χ4n) is 2.86. The first kappa shape index (κ1) is 20.6. The van der Waals surface area contributed by atoms with Gasteiger partial charge in [-0.25, -0.2) is 4.39 Å². The van der Waals surface area contributed by atoms with Crippen LogP contribution in [0.25, 0.3) is 0 Å². The number of halogens is 2. The third-order valence-electron chi connectivity index (χ3n) is 4.73. The molecule has 2 aromatic carbocycles. The van der Waals surface area contributed by atoms with Crippen LogP contribution in [-0.2, 0) is 12.8 Å². The molecule has 1 atom stereocenters. The molecule has 4 heteroatoms. The number of hydrogen-bond acceptors (Lipinski definition) is 2. The van der Waals surface area contributed by atoms with Crippen molar-refractivity contribution in [2.45, 2.75) is 40.0 Å². The van der Waals surface area contributed by atoms with Crippen LogP contribution in [0, 0.1) is 11.7 Å². The van der Waals surface area contributed by atoms with E-state index in [1.54, 1.807) is 13.2 Å². The lowest BCUT2D eigenvalue weighted by molar-refractivity contribution is 0.409. The van der Waals surface area contributed by atoms with Crippen molar-refractivity contribution >= 4 is 21.6 Å². The molecule has 2 nitrogen and oxygen atoms in total. The Balaban J connectivity index is 2.26. The van der Waals surface area contributed by atoms with E-state index in [9.17, 15) is 4.39 Å². The van der Waals surface area contributed by atoms with E-state index in [1.165, 1.54) is 6.07 Å². The normalized spacial score (nSPS) is 12.9. The highest BCUT2D eigenvalue weighted by Gasteiger charge is 2.13. The number of rotatable bonds is 8. The van der Waals surface area contributed by atoms with Crippen molar-refractivity contribution in [3.63, 3.8) is 0 Å². The lowest BCUT2D eigenvalue weighted by atomic mass is 9.96. The molecule has 0 saturated carbocycles. The van der Waals surface area contributed by atoms with Crippen molar-refractivity contribution < 1.29 is 9.13 Å². The average Bonchev–Trinajstić information content (AvgIpc) is 2.64. The molecule has 0 aliphatic heterocycles. The molecule has 0 spiro atoms. The molecule has 2 rings (SSSR count). The summed E-state index contributed by atoms with van der Waals surface area (Å²) in [6.45, 7) is 7.09. The summed E-state index contributed by atoms with van der Waals surface area (Å²) in [6, 6.07) is 11.2. The highest BCUT2D eigenvalue weighted by molar-refractivity contribution is 9.10. The van der Waals surface area contributed by atoms with E-state index < -0.39 is 0 Å². The molecule has 2 aromatic rings. The Bertz CT molecular complexity index is 773. The van der Waals surface area contributed by atoms with Crippen molar-refractivity contribution in [1.29, 1.82) is 0 Å². The van der Waals surface area contributed by atoms with Crippen molar-refractivity contribution in [3.05, 3.63) is 63.4 Å². The number of nitrogens with zero attached hydrogens (tertiary/aromatic N) is 1. The first-order valence-corrected chi connectivity index (χ1v) is 9.86. The van der Waals surface area contributed by atoms with Crippen molar-refractivity contribution in [2.24, 2.45) is 10.9 Å². The maximum absolute atomic E-state index is 14.5. The van der Waals surface area contributed by atoms with Crippen LogP contribution < -0.4 is 4.74 Å². The molecule has 0 saturated heterocycles. The lowest BCUT2D eigenvalue weighted by Gasteiger charge is -2.13. The predicted octanol–water partition coefficient (Wildman–Crippen LogP) is 6.24. The van der Waals surface area contributed by atoms with Gasteiger partial charge in [0.15, 0.2) is 0 Å². The van der Waals surface area contributed by atoms with Gasteiger partial charge in [-0.3, -0.25) is 4.99 Å². The molecule has 1 unspecified atom stereocenters. The Hall–Kier alpha value is -1.68. The largest absolute Gasteiger partial charge is 0.496 e.